The number of thioether (sulfide) groups is 1. The number of nitrogens with zero attached hydrogens (tertiary/aromatic N) is 1. The predicted molar refractivity (Wildman–Crippen MR) is 67.9 cm³/mol. The van der Waals surface area contributed by atoms with E-state index in [-0.39, 0.29) is 5.56 Å². The molecular weight excluding hydrogens is 208 g/mol. The molecule has 0 aliphatic rings. The Kier molecular flexibility index (Phi) is 5.32. The standard InChI is InChI=1S/C11H18N2OS/c1-3-13-9-10(5-6-11(13)14)12-7-4-8-15-2/h5-6,9,12H,3-4,7-8H2,1-2H3. The number of rotatable bonds is 6. The zero-order valence-electron chi connectivity index (χ0n) is 9.32. The molecule has 0 saturated heterocycles. The Labute approximate surface area is 94.9 Å². The van der Waals surface area contributed by atoms with Crippen molar-refractivity contribution >= 4 is 17.4 Å². The van der Waals surface area contributed by atoms with Gasteiger partial charge in [-0.2, -0.15) is 11.8 Å². The van der Waals surface area contributed by atoms with Gasteiger partial charge in [-0.15, -0.1) is 0 Å². The molecule has 1 N–H and O–H groups in total. The van der Waals surface area contributed by atoms with Gasteiger partial charge in [-0.25, -0.2) is 0 Å². The quantitative estimate of drug-likeness (QED) is 0.754. The van der Waals surface area contributed by atoms with Crippen molar-refractivity contribution in [3.05, 3.63) is 28.7 Å². The van der Waals surface area contributed by atoms with Crippen LogP contribution in [0.15, 0.2) is 23.1 Å². The molecule has 0 spiro atoms. The van der Waals surface area contributed by atoms with E-state index in [2.05, 4.69) is 11.6 Å². The Morgan fingerprint density at radius 1 is 1.47 bits per heavy atom. The van der Waals surface area contributed by atoms with Crippen LogP contribution >= 0.6 is 11.8 Å². The first kappa shape index (κ1) is 12.2. The monoisotopic (exact) mass is 226 g/mol. The highest BCUT2D eigenvalue weighted by Crippen LogP contribution is 2.04. The zero-order chi connectivity index (χ0) is 11.1. The van der Waals surface area contributed by atoms with E-state index in [0.29, 0.717) is 0 Å². The van der Waals surface area contributed by atoms with Gasteiger partial charge in [0.05, 0.1) is 5.69 Å². The Morgan fingerprint density at radius 3 is 2.93 bits per heavy atom. The van der Waals surface area contributed by atoms with Gasteiger partial charge in [-0.05, 0) is 31.4 Å². The second-order valence-electron chi connectivity index (χ2n) is 3.32. The molecule has 0 unspecified atom stereocenters. The Balaban J connectivity index is 2.51. The average Bonchev–Trinajstić information content (AvgIpc) is 2.26. The first-order valence-electron chi connectivity index (χ1n) is 5.21. The zero-order valence-corrected chi connectivity index (χ0v) is 10.1. The van der Waals surface area contributed by atoms with Gasteiger partial charge < -0.3 is 9.88 Å². The Hall–Kier alpha value is -0.900. The molecule has 3 nitrogen and oxygen atoms in total. The third kappa shape index (κ3) is 4.00. The Morgan fingerprint density at radius 2 is 2.27 bits per heavy atom. The first-order chi connectivity index (χ1) is 7.27. The van der Waals surface area contributed by atoms with E-state index in [1.165, 1.54) is 5.75 Å². The van der Waals surface area contributed by atoms with Crippen LogP contribution < -0.4 is 10.9 Å². The third-order valence-corrected chi connectivity index (χ3v) is 2.88. The van der Waals surface area contributed by atoms with Gasteiger partial charge in [0, 0.05) is 25.4 Å². The second kappa shape index (κ2) is 6.56. The largest absolute Gasteiger partial charge is 0.384 e. The van der Waals surface area contributed by atoms with Crippen molar-refractivity contribution in [3.63, 3.8) is 0 Å². The van der Waals surface area contributed by atoms with E-state index in [1.54, 1.807) is 10.6 Å². The molecule has 0 fully saturated rings. The van der Waals surface area contributed by atoms with Crippen LogP contribution in [0.2, 0.25) is 0 Å². The lowest BCUT2D eigenvalue weighted by molar-refractivity contribution is 0.727. The molecule has 0 aliphatic heterocycles. The van der Waals surface area contributed by atoms with Crippen molar-refractivity contribution in [1.29, 1.82) is 0 Å². The molecule has 84 valence electrons. The summed E-state index contributed by atoms with van der Waals surface area (Å²) in [6.45, 7) is 3.65. The molecule has 0 bridgehead atoms. The number of aryl methyl sites for hydroxylation is 1. The van der Waals surface area contributed by atoms with Gasteiger partial charge in [0.1, 0.15) is 0 Å². The molecule has 0 aliphatic carbocycles. The van der Waals surface area contributed by atoms with E-state index in [0.717, 1.165) is 25.2 Å². The molecule has 1 rings (SSSR count). The fourth-order valence-corrected chi connectivity index (χ4v) is 1.77. The molecule has 0 atom stereocenters. The second-order valence-corrected chi connectivity index (χ2v) is 4.30. The van der Waals surface area contributed by atoms with E-state index in [9.17, 15) is 4.79 Å². The van der Waals surface area contributed by atoms with Gasteiger partial charge in [-0.3, -0.25) is 4.79 Å². The summed E-state index contributed by atoms with van der Waals surface area (Å²) in [5.74, 6) is 1.17. The molecule has 0 aromatic carbocycles. The first-order valence-corrected chi connectivity index (χ1v) is 6.60. The highest BCUT2D eigenvalue weighted by Gasteiger charge is 1.95. The van der Waals surface area contributed by atoms with Crippen molar-refractivity contribution in [3.8, 4) is 0 Å². The van der Waals surface area contributed by atoms with Crippen molar-refractivity contribution in [2.45, 2.75) is 19.9 Å². The smallest absolute Gasteiger partial charge is 0.250 e. The molecule has 4 heteroatoms. The van der Waals surface area contributed by atoms with Gasteiger partial charge in [0.15, 0.2) is 0 Å². The van der Waals surface area contributed by atoms with Crippen LogP contribution in [0, 0.1) is 0 Å². The molecule has 0 radical (unpaired) electrons. The van der Waals surface area contributed by atoms with Crippen LogP contribution in [0.3, 0.4) is 0 Å². The summed E-state index contributed by atoms with van der Waals surface area (Å²) in [7, 11) is 0. The number of anilines is 1. The van der Waals surface area contributed by atoms with Crippen LogP contribution in [0.4, 0.5) is 5.69 Å². The SMILES string of the molecule is CCn1cc(NCCCSC)ccc1=O. The van der Waals surface area contributed by atoms with Crippen molar-refractivity contribution in [2.24, 2.45) is 0 Å². The van der Waals surface area contributed by atoms with E-state index < -0.39 is 0 Å². The number of nitrogens with one attached hydrogen (secondary N) is 1. The lowest BCUT2D eigenvalue weighted by atomic mass is 10.4. The van der Waals surface area contributed by atoms with E-state index >= 15 is 0 Å². The number of hydrogen-bond acceptors (Lipinski definition) is 3. The summed E-state index contributed by atoms with van der Waals surface area (Å²) < 4.78 is 1.71. The van der Waals surface area contributed by atoms with Crippen LogP contribution in [-0.2, 0) is 6.54 Å². The molecule has 15 heavy (non-hydrogen) atoms. The number of aromatic nitrogens is 1. The van der Waals surface area contributed by atoms with Crippen molar-refractivity contribution in [1.82, 2.24) is 4.57 Å². The van der Waals surface area contributed by atoms with Crippen LogP contribution in [-0.4, -0.2) is 23.1 Å². The van der Waals surface area contributed by atoms with E-state index in [4.69, 9.17) is 0 Å². The predicted octanol–water partition coefficient (Wildman–Crippen LogP) is 2.03. The molecule has 0 amide bonds. The van der Waals surface area contributed by atoms with Gasteiger partial charge >= 0.3 is 0 Å². The summed E-state index contributed by atoms with van der Waals surface area (Å²) in [5, 5.41) is 3.31. The molecule has 1 heterocycles. The molecule has 0 saturated carbocycles. The fourth-order valence-electron chi connectivity index (χ4n) is 1.33. The summed E-state index contributed by atoms with van der Waals surface area (Å²) in [6.07, 6.45) is 5.13. The topological polar surface area (TPSA) is 34.0 Å². The van der Waals surface area contributed by atoms with Gasteiger partial charge in [0.2, 0.25) is 0 Å². The van der Waals surface area contributed by atoms with Crippen LogP contribution in [0.25, 0.3) is 0 Å². The summed E-state index contributed by atoms with van der Waals surface area (Å²) in [6, 6.07) is 3.45. The van der Waals surface area contributed by atoms with Gasteiger partial charge in [0.25, 0.3) is 5.56 Å². The normalized spacial score (nSPS) is 10.3. The lowest BCUT2D eigenvalue weighted by Gasteiger charge is -2.08. The average molecular weight is 226 g/mol. The highest BCUT2D eigenvalue weighted by atomic mass is 32.2. The minimum absolute atomic E-state index is 0.0622. The maximum absolute atomic E-state index is 11.3. The van der Waals surface area contributed by atoms with E-state index in [1.807, 2.05) is 30.9 Å². The molecular formula is C11H18N2OS. The number of pyridine rings is 1. The maximum Gasteiger partial charge on any atom is 0.250 e. The minimum atomic E-state index is 0.0622. The number of hydrogen-bond donors (Lipinski definition) is 1. The van der Waals surface area contributed by atoms with Crippen molar-refractivity contribution < 1.29 is 0 Å². The third-order valence-electron chi connectivity index (χ3n) is 2.18. The maximum atomic E-state index is 11.3. The molecule has 1 aromatic heterocycles. The van der Waals surface area contributed by atoms with Crippen LogP contribution in [0.1, 0.15) is 13.3 Å². The van der Waals surface area contributed by atoms with Crippen LogP contribution in [0.5, 0.6) is 0 Å². The Bertz CT molecular complexity index is 349. The molecule has 1 aromatic rings. The van der Waals surface area contributed by atoms with Crippen molar-refractivity contribution in [2.75, 3.05) is 23.9 Å². The highest BCUT2D eigenvalue weighted by molar-refractivity contribution is 7.98. The summed E-state index contributed by atoms with van der Waals surface area (Å²) in [5.41, 5.74) is 1.09. The summed E-state index contributed by atoms with van der Waals surface area (Å²) >= 11 is 1.85. The lowest BCUT2D eigenvalue weighted by Crippen LogP contribution is -2.18. The van der Waals surface area contributed by atoms with Gasteiger partial charge in [-0.1, -0.05) is 0 Å². The fraction of sp³-hybridized carbons (Fsp3) is 0.545. The minimum Gasteiger partial charge on any atom is -0.384 e. The summed E-state index contributed by atoms with van der Waals surface area (Å²) in [4.78, 5) is 11.3.